The summed E-state index contributed by atoms with van der Waals surface area (Å²) in [6, 6.07) is 6.05. The van der Waals surface area contributed by atoms with E-state index in [1.165, 1.54) is 0 Å². The van der Waals surface area contributed by atoms with Crippen molar-refractivity contribution < 1.29 is 14.4 Å². The summed E-state index contributed by atoms with van der Waals surface area (Å²) >= 11 is 0. The molecule has 1 aromatic carbocycles. The van der Waals surface area contributed by atoms with Gasteiger partial charge in [-0.25, -0.2) is 10.5 Å². The molecule has 0 fully saturated rings. The molecule has 0 aliphatic carbocycles. The van der Waals surface area contributed by atoms with Crippen LogP contribution in [0, 0.1) is 0 Å². The van der Waals surface area contributed by atoms with Gasteiger partial charge in [0, 0.05) is 0 Å². The fourth-order valence-electron chi connectivity index (χ4n) is 1.51. The van der Waals surface area contributed by atoms with Crippen molar-refractivity contribution in [3.63, 3.8) is 0 Å². The number of thiol groups is 1. The smallest absolute Gasteiger partial charge is 0.326 e. The molecule has 0 aromatic heterocycles. The number of aromatic hydroxyl groups is 1. The average Bonchev–Trinajstić information content (AvgIpc) is 2.42. The topological polar surface area (TPSA) is 72.5 Å². The Labute approximate surface area is 118 Å². The molecular weight excluding hydrogens is 281 g/mol. The van der Waals surface area contributed by atoms with Crippen LogP contribution in [-0.4, -0.2) is 28.6 Å². The van der Waals surface area contributed by atoms with Crippen molar-refractivity contribution in [1.29, 1.82) is 0 Å². The van der Waals surface area contributed by atoms with Crippen molar-refractivity contribution in [3.05, 3.63) is 29.8 Å². The maximum atomic E-state index is 11.8. The highest BCUT2D eigenvalue weighted by Gasteiger charge is 2.16. The van der Waals surface area contributed by atoms with Crippen molar-refractivity contribution in [2.45, 2.75) is 26.3 Å². The molecule has 0 amide bonds. The molecule has 0 spiro atoms. The molecule has 0 saturated carbocycles. The zero-order valence-corrected chi connectivity index (χ0v) is 13.2. The second-order valence-electron chi connectivity index (χ2n) is 4.16. The molecule has 4 nitrogen and oxygen atoms in total. The molecule has 6 heteroatoms. The van der Waals surface area contributed by atoms with Crippen molar-refractivity contribution in [2.24, 2.45) is 5.73 Å². The first-order valence-corrected chi connectivity index (χ1v) is 9.77. The molecule has 108 valence electrons. The summed E-state index contributed by atoms with van der Waals surface area (Å²) in [6.07, 6.45) is 0.430. The second-order valence-corrected chi connectivity index (χ2v) is 9.34. The summed E-state index contributed by atoms with van der Waals surface area (Å²) in [7, 11) is 0.0695. The molecule has 1 unspecified atom stereocenters. The summed E-state index contributed by atoms with van der Waals surface area (Å²) in [5.74, 6) is 2.02. The Hall–Kier alpha value is -0.770. The lowest BCUT2D eigenvalue weighted by Gasteiger charge is -2.18. The zero-order chi connectivity index (χ0) is 14.3. The molecule has 0 aliphatic heterocycles. The van der Waals surface area contributed by atoms with E-state index in [2.05, 4.69) is 13.8 Å². The van der Waals surface area contributed by atoms with E-state index in [1.807, 2.05) is 0 Å². The van der Waals surface area contributed by atoms with Gasteiger partial charge in [-0.3, -0.25) is 4.79 Å². The van der Waals surface area contributed by atoms with Gasteiger partial charge in [0.15, 0.2) is 0 Å². The van der Waals surface area contributed by atoms with Crippen LogP contribution in [0.2, 0.25) is 0 Å². The number of carbonyl (C=O) groups is 1. The van der Waals surface area contributed by atoms with E-state index in [0.29, 0.717) is 6.42 Å². The fraction of sp³-hybridized carbons (Fsp3) is 0.462. The average molecular weight is 303 g/mol. The second kappa shape index (κ2) is 8.41. The van der Waals surface area contributed by atoms with E-state index in [4.69, 9.17) is 10.3 Å². The number of phenolic OH excluding ortho intramolecular Hbond substituents is 1. The van der Waals surface area contributed by atoms with Gasteiger partial charge in [0.2, 0.25) is 0 Å². The minimum absolute atomic E-state index is 0.181. The number of carbonyl (C=O) groups excluding carboxylic acids is 1. The van der Waals surface area contributed by atoms with Crippen LogP contribution < -0.4 is 5.73 Å². The first kappa shape index (κ1) is 16.3. The Morgan fingerprint density at radius 2 is 1.95 bits per heavy atom. The molecule has 0 bridgehead atoms. The number of hydrogen-bond acceptors (Lipinski definition) is 4. The third-order valence-electron chi connectivity index (χ3n) is 2.73. The molecule has 3 N–H and O–H groups in total. The Morgan fingerprint density at radius 3 is 2.47 bits per heavy atom. The fourth-order valence-corrected chi connectivity index (χ4v) is 4.01. The van der Waals surface area contributed by atoms with Crippen LogP contribution >= 0.6 is 18.5 Å². The first-order valence-electron chi connectivity index (χ1n) is 6.31. The van der Waals surface area contributed by atoms with Gasteiger partial charge in [0.25, 0.3) is 0 Å². The highest BCUT2D eigenvalue weighted by Crippen LogP contribution is 2.46. The maximum Gasteiger partial charge on any atom is 0.326 e. The minimum Gasteiger partial charge on any atom is -0.508 e. The van der Waals surface area contributed by atoms with E-state index in [-0.39, 0.29) is 30.2 Å². The summed E-state index contributed by atoms with van der Waals surface area (Å²) in [5.41, 5.74) is 6.75. The van der Waals surface area contributed by atoms with Crippen LogP contribution in [0.1, 0.15) is 19.4 Å². The van der Waals surface area contributed by atoms with Crippen LogP contribution in [0.5, 0.6) is 5.75 Å². The summed E-state index contributed by atoms with van der Waals surface area (Å²) in [5, 5.41) is 9.18. The van der Waals surface area contributed by atoms with Crippen LogP contribution in [0.4, 0.5) is 0 Å². The summed E-state index contributed by atoms with van der Waals surface area (Å²) in [6.45, 7) is 4.23. The van der Waals surface area contributed by atoms with Gasteiger partial charge >= 0.3 is 5.97 Å². The normalized spacial score (nSPS) is 13.5. The van der Waals surface area contributed by atoms with E-state index in [0.717, 1.165) is 17.1 Å². The quantitative estimate of drug-likeness (QED) is 0.534. The molecule has 0 saturated heterocycles. The molecule has 0 aliphatic rings. The highest BCUT2D eigenvalue weighted by atomic mass is 32.7. The lowest BCUT2D eigenvalue weighted by molar-refractivity contribution is -0.134. The maximum absolute atomic E-state index is 11.8. The van der Waals surface area contributed by atoms with E-state index < -0.39 is 6.04 Å². The number of benzene rings is 1. The van der Waals surface area contributed by atoms with Gasteiger partial charge in [-0.1, -0.05) is 26.0 Å². The number of phenols is 1. The standard InChI is InChI=1S/C13H22NO3PS/c1-3-19(4-2)18-17-13(16)12(14)9-10-5-7-11(15)8-6-10/h5-8,12,15,18-19H,3-4,9,14H2,1-2H3/t12-/m0/s1. The van der Waals surface area contributed by atoms with Gasteiger partial charge in [-0.15, -0.1) is 0 Å². The van der Waals surface area contributed by atoms with Crippen LogP contribution in [-0.2, 0) is 15.7 Å². The van der Waals surface area contributed by atoms with Crippen molar-refractivity contribution >= 4 is 24.5 Å². The molecule has 1 rings (SSSR count). The Kier molecular flexibility index (Phi) is 7.21. The van der Waals surface area contributed by atoms with Gasteiger partial charge in [-0.2, -0.15) is 0 Å². The monoisotopic (exact) mass is 303 g/mol. The molecule has 2 atom stereocenters. The SMILES string of the molecule is CC[SH](CC)POC(=O)[C@@H](N)Cc1ccc(O)cc1. The van der Waals surface area contributed by atoms with Gasteiger partial charge in [0.1, 0.15) is 19.8 Å². The van der Waals surface area contributed by atoms with E-state index in [9.17, 15) is 9.90 Å². The Balaban J connectivity index is 2.42. The zero-order valence-electron chi connectivity index (χ0n) is 11.3. The molecule has 19 heavy (non-hydrogen) atoms. The third kappa shape index (κ3) is 5.81. The van der Waals surface area contributed by atoms with Crippen LogP contribution in [0.3, 0.4) is 0 Å². The molecule has 0 radical (unpaired) electrons. The van der Waals surface area contributed by atoms with Crippen LogP contribution in [0.15, 0.2) is 24.3 Å². The Morgan fingerprint density at radius 1 is 1.37 bits per heavy atom. The molecule has 1 aromatic rings. The van der Waals surface area contributed by atoms with Crippen LogP contribution in [0.25, 0.3) is 0 Å². The van der Waals surface area contributed by atoms with E-state index >= 15 is 0 Å². The molecule has 0 heterocycles. The lowest BCUT2D eigenvalue weighted by atomic mass is 10.1. The van der Waals surface area contributed by atoms with Gasteiger partial charge in [0.05, 0.1) is 0 Å². The third-order valence-corrected chi connectivity index (χ3v) is 7.76. The largest absolute Gasteiger partial charge is 0.508 e. The highest BCUT2D eigenvalue weighted by molar-refractivity contribution is 8.60. The number of nitrogens with two attached hydrogens (primary N) is 1. The van der Waals surface area contributed by atoms with E-state index in [1.54, 1.807) is 24.3 Å². The van der Waals surface area contributed by atoms with Crippen molar-refractivity contribution in [3.8, 4) is 5.75 Å². The first-order chi connectivity index (χ1) is 9.06. The van der Waals surface area contributed by atoms with Gasteiger partial charge in [-0.05, 0) is 35.6 Å². The minimum atomic E-state index is -0.636. The van der Waals surface area contributed by atoms with Crippen molar-refractivity contribution in [1.82, 2.24) is 0 Å². The number of hydrogen-bond donors (Lipinski definition) is 3. The lowest BCUT2D eigenvalue weighted by Crippen LogP contribution is -2.32. The van der Waals surface area contributed by atoms with Gasteiger partial charge < -0.3 is 15.4 Å². The van der Waals surface area contributed by atoms with Crippen molar-refractivity contribution in [2.75, 3.05) is 11.5 Å². The summed E-state index contributed by atoms with van der Waals surface area (Å²) in [4.78, 5) is 11.8. The predicted molar refractivity (Wildman–Crippen MR) is 84.3 cm³/mol. The summed E-state index contributed by atoms with van der Waals surface area (Å²) < 4.78 is 5.29. The predicted octanol–water partition coefficient (Wildman–Crippen LogP) is 2.35. The molecular formula is C13H22NO3PS. The number of rotatable bonds is 7. The Bertz CT molecular complexity index is 395.